The van der Waals surface area contributed by atoms with Crippen molar-refractivity contribution in [1.29, 1.82) is 0 Å². The molecule has 4 rings (SSSR count). The number of benzene rings is 3. The van der Waals surface area contributed by atoms with Crippen molar-refractivity contribution in [3.8, 4) is 5.75 Å². The third-order valence-corrected chi connectivity index (χ3v) is 5.91. The lowest BCUT2D eigenvalue weighted by Gasteiger charge is -2.12. The van der Waals surface area contributed by atoms with E-state index in [-0.39, 0.29) is 5.70 Å². The van der Waals surface area contributed by atoms with Gasteiger partial charge < -0.3 is 9.47 Å². The number of ether oxygens (including phenoxy) is 2. The standard InChI is InChI=1S/C23H14Br3NO3/c24-17-8-4-5-14(9-17)13-29-21-18(25)10-15(11-19(21)26)12-20-23(28)30-22(27-20)16-6-2-1-3-7-16/h1-12H,13H2/b20-12-. The number of rotatable bonds is 5. The average molecular weight is 592 g/mol. The van der Waals surface area contributed by atoms with Crippen molar-refractivity contribution in [3.63, 3.8) is 0 Å². The highest BCUT2D eigenvalue weighted by Gasteiger charge is 2.24. The molecule has 1 aliphatic heterocycles. The number of hydrogen-bond donors (Lipinski definition) is 0. The fourth-order valence-electron chi connectivity index (χ4n) is 2.85. The summed E-state index contributed by atoms with van der Waals surface area (Å²) in [5.74, 6) is 0.509. The molecule has 0 spiro atoms. The Balaban J connectivity index is 1.55. The van der Waals surface area contributed by atoms with Gasteiger partial charge in [0, 0.05) is 10.0 Å². The van der Waals surface area contributed by atoms with Gasteiger partial charge in [0.15, 0.2) is 5.70 Å². The summed E-state index contributed by atoms with van der Waals surface area (Å²) in [4.78, 5) is 16.6. The molecule has 0 aliphatic carbocycles. The molecule has 150 valence electrons. The molecule has 1 heterocycles. The van der Waals surface area contributed by atoms with Gasteiger partial charge in [0.1, 0.15) is 12.4 Å². The number of aliphatic imine (C=N–C) groups is 1. The fourth-order valence-corrected chi connectivity index (χ4v) is 4.75. The van der Waals surface area contributed by atoms with E-state index in [1.165, 1.54) is 0 Å². The van der Waals surface area contributed by atoms with Gasteiger partial charge in [0.25, 0.3) is 0 Å². The molecule has 7 heteroatoms. The number of esters is 1. The summed E-state index contributed by atoms with van der Waals surface area (Å²) in [7, 11) is 0. The molecule has 0 saturated carbocycles. The van der Waals surface area contributed by atoms with Crippen LogP contribution in [-0.2, 0) is 16.1 Å². The Morgan fingerprint density at radius 3 is 2.37 bits per heavy atom. The highest BCUT2D eigenvalue weighted by molar-refractivity contribution is 9.11. The van der Waals surface area contributed by atoms with Crippen LogP contribution in [0.5, 0.6) is 5.75 Å². The van der Waals surface area contributed by atoms with Crippen LogP contribution >= 0.6 is 47.8 Å². The Hall–Kier alpha value is -2.22. The molecular formula is C23H14Br3NO3. The van der Waals surface area contributed by atoms with E-state index in [9.17, 15) is 4.79 Å². The van der Waals surface area contributed by atoms with Crippen LogP contribution in [0.25, 0.3) is 6.08 Å². The second-order valence-electron chi connectivity index (χ2n) is 6.43. The van der Waals surface area contributed by atoms with Crippen molar-refractivity contribution in [2.45, 2.75) is 6.61 Å². The second kappa shape index (κ2) is 9.29. The zero-order valence-electron chi connectivity index (χ0n) is 15.4. The highest BCUT2D eigenvalue weighted by Crippen LogP contribution is 2.36. The number of carbonyl (C=O) groups is 1. The Kier molecular flexibility index (Phi) is 6.51. The number of carbonyl (C=O) groups excluding carboxylic acids is 1. The van der Waals surface area contributed by atoms with E-state index in [0.717, 1.165) is 30.1 Å². The quantitative estimate of drug-likeness (QED) is 0.240. The first-order chi connectivity index (χ1) is 14.5. The van der Waals surface area contributed by atoms with Crippen LogP contribution in [0, 0.1) is 0 Å². The zero-order chi connectivity index (χ0) is 21.1. The fraction of sp³-hybridized carbons (Fsp3) is 0.0435. The summed E-state index contributed by atoms with van der Waals surface area (Å²) in [5.41, 5.74) is 2.84. The topological polar surface area (TPSA) is 47.9 Å². The minimum absolute atomic E-state index is 0.246. The van der Waals surface area contributed by atoms with Crippen LogP contribution in [0.1, 0.15) is 16.7 Å². The summed E-state index contributed by atoms with van der Waals surface area (Å²) >= 11 is 10.6. The molecule has 3 aromatic rings. The Morgan fingerprint density at radius 1 is 0.933 bits per heavy atom. The minimum Gasteiger partial charge on any atom is -0.487 e. The third-order valence-electron chi connectivity index (χ3n) is 4.24. The SMILES string of the molecule is O=C1OC(c2ccccc2)=N/C1=C\c1cc(Br)c(OCc2cccc(Br)c2)c(Br)c1. The van der Waals surface area contributed by atoms with Gasteiger partial charge in [0.05, 0.1) is 8.95 Å². The van der Waals surface area contributed by atoms with Crippen LogP contribution in [0.15, 0.2) is 90.8 Å². The molecule has 0 radical (unpaired) electrons. The minimum atomic E-state index is -0.476. The predicted octanol–water partition coefficient (Wildman–Crippen LogP) is 6.90. The van der Waals surface area contributed by atoms with E-state index in [1.54, 1.807) is 6.08 Å². The molecule has 0 unspecified atom stereocenters. The van der Waals surface area contributed by atoms with E-state index in [0.29, 0.717) is 18.3 Å². The van der Waals surface area contributed by atoms with Crippen molar-refractivity contribution in [2.75, 3.05) is 0 Å². The van der Waals surface area contributed by atoms with Gasteiger partial charge >= 0.3 is 5.97 Å². The molecule has 0 aromatic heterocycles. The van der Waals surface area contributed by atoms with Gasteiger partial charge in [-0.05, 0) is 85.5 Å². The van der Waals surface area contributed by atoms with Gasteiger partial charge in [-0.2, -0.15) is 0 Å². The first-order valence-electron chi connectivity index (χ1n) is 8.94. The van der Waals surface area contributed by atoms with Crippen molar-refractivity contribution in [1.82, 2.24) is 0 Å². The first kappa shape index (κ1) is 21.0. The van der Waals surface area contributed by atoms with Crippen molar-refractivity contribution in [2.24, 2.45) is 4.99 Å². The maximum absolute atomic E-state index is 12.2. The van der Waals surface area contributed by atoms with Gasteiger partial charge in [0.2, 0.25) is 5.90 Å². The van der Waals surface area contributed by atoms with Crippen LogP contribution in [0.3, 0.4) is 0 Å². The first-order valence-corrected chi connectivity index (χ1v) is 11.3. The van der Waals surface area contributed by atoms with Gasteiger partial charge in [-0.25, -0.2) is 9.79 Å². The molecule has 4 nitrogen and oxygen atoms in total. The summed E-state index contributed by atoms with van der Waals surface area (Å²) in [5, 5.41) is 0. The number of cyclic esters (lactones) is 1. The number of nitrogens with zero attached hydrogens (tertiary/aromatic N) is 1. The summed E-state index contributed by atoms with van der Waals surface area (Å²) in [6, 6.07) is 21.0. The second-order valence-corrected chi connectivity index (χ2v) is 9.06. The number of halogens is 3. The van der Waals surface area contributed by atoms with E-state index >= 15 is 0 Å². The van der Waals surface area contributed by atoms with Crippen molar-refractivity contribution < 1.29 is 14.3 Å². The van der Waals surface area contributed by atoms with Crippen molar-refractivity contribution >= 4 is 65.7 Å². The van der Waals surface area contributed by atoms with E-state index < -0.39 is 5.97 Å². The lowest BCUT2D eigenvalue weighted by Crippen LogP contribution is -2.04. The monoisotopic (exact) mass is 589 g/mol. The zero-order valence-corrected chi connectivity index (χ0v) is 20.2. The van der Waals surface area contributed by atoms with E-state index in [1.807, 2.05) is 66.7 Å². The molecular weight excluding hydrogens is 578 g/mol. The Labute approximate surface area is 199 Å². The van der Waals surface area contributed by atoms with Gasteiger partial charge in [-0.3, -0.25) is 0 Å². The molecule has 1 aliphatic rings. The highest BCUT2D eigenvalue weighted by atomic mass is 79.9. The van der Waals surface area contributed by atoms with Gasteiger partial charge in [-0.15, -0.1) is 0 Å². The van der Waals surface area contributed by atoms with Crippen LogP contribution in [0.2, 0.25) is 0 Å². The molecule has 0 saturated heterocycles. The lowest BCUT2D eigenvalue weighted by molar-refractivity contribution is -0.129. The molecule has 3 aromatic carbocycles. The van der Waals surface area contributed by atoms with Crippen molar-refractivity contribution in [3.05, 3.63) is 103 Å². The summed E-state index contributed by atoms with van der Waals surface area (Å²) < 4.78 is 13.8. The smallest absolute Gasteiger partial charge is 0.363 e. The van der Waals surface area contributed by atoms with Crippen LogP contribution in [0.4, 0.5) is 0 Å². The average Bonchev–Trinajstić information content (AvgIpc) is 3.08. The van der Waals surface area contributed by atoms with Gasteiger partial charge in [-0.1, -0.05) is 46.3 Å². The summed E-state index contributed by atoms with van der Waals surface area (Å²) in [6.45, 7) is 0.425. The third kappa shape index (κ3) is 4.91. The van der Waals surface area contributed by atoms with Crippen LogP contribution in [-0.4, -0.2) is 11.9 Å². The predicted molar refractivity (Wildman–Crippen MR) is 127 cm³/mol. The molecule has 0 amide bonds. The molecule has 0 bridgehead atoms. The molecule has 0 fully saturated rings. The normalized spacial score (nSPS) is 14.6. The van der Waals surface area contributed by atoms with E-state index in [2.05, 4.69) is 52.8 Å². The summed E-state index contributed by atoms with van der Waals surface area (Å²) in [6.07, 6.45) is 1.69. The molecule has 0 atom stereocenters. The van der Waals surface area contributed by atoms with E-state index in [4.69, 9.17) is 9.47 Å². The molecule has 0 N–H and O–H groups in total. The maximum atomic E-state index is 12.2. The maximum Gasteiger partial charge on any atom is 0.363 e. The molecule has 30 heavy (non-hydrogen) atoms. The Bertz CT molecular complexity index is 1150. The largest absolute Gasteiger partial charge is 0.487 e. The van der Waals surface area contributed by atoms with Crippen LogP contribution < -0.4 is 4.74 Å². The number of hydrogen-bond acceptors (Lipinski definition) is 4. The lowest BCUT2D eigenvalue weighted by atomic mass is 10.2. The Morgan fingerprint density at radius 2 is 1.67 bits per heavy atom.